The van der Waals surface area contributed by atoms with Gasteiger partial charge in [0.2, 0.25) is 0 Å². The number of benzene rings is 2. The quantitative estimate of drug-likeness (QED) is 0.534. The van der Waals surface area contributed by atoms with Gasteiger partial charge >= 0.3 is 5.97 Å². The zero-order valence-corrected chi connectivity index (χ0v) is 14.7. The van der Waals surface area contributed by atoms with Crippen LogP contribution in [0.2, 0.25) is 0 Å². The molecule has 0 heterocycles. The smallest absolute Gasteiger partial charge is 0.349 e. The monoisotopic (exact) mass is 342 g/mol. The van der Waals surface area contributed by atoms with E-state index in [9.17, 15) is 4.79 Å². The van der Waals surface area contributed by atoms with E-state index in [1.54, 1.807) is 31.4 Å². The Morgan fingerprint density at radius 1 is 1.00 bits per heavy atom. The number of carbonyl (C=O) groups is 1. The number of allylic oxidation sites excluding steroid dienone is 1. The Kier molecular flexibility index (Phi) is 6.89. The van der Waals surface area contributed by atoms with Crippen molar-refractivity contribution in [3.05, 3.63) is 54.1 Å². The second-order valence-electron chi connectivity index (χ2n) is 5.05. The van der Waals surface area contributed by atoms with Crippen molar-refractivity contribution >= 4 is 12.0 Å². The minimum absolute atomic E-state index is 0.236. The predicted octanol–water partition coefficient (Wildman–Crippen LogP) is 4.11. The van der Waals surface area contributed by atoms with Crippen LogP contribution >= 0.6 is 0 Å². The van der Waals surface area contributed by atoms with Crippen molar-refractivity contribution < 1.29 is 23.7 Å². The Labute approximate surface area is 147 Å². The Morgan fingerprint density at radius 3 is 2.40 bits per heavy atom. The lowest BCUT2D eigenvalue weighted by Crippen LogP contribution is -2.18. The molecule has 0 saturated heterocycles. The summed E-state index contributed by atoms with van der Waals surface area (Å²) in [6.45, 7) is 4.05. The van der Waals surface area contributed by atoms with Crippen LogP contribution in [0.4, 0.5) is 0 Å². The van der Waals surface area contributed by atoms with E-state index in [1.807, 2.05) is 44.2 Å². The Morgan fingerprint density at radius 2 is 1.72 bits per heavy atom. The van der Waals surface area contributed by atoms with Gasteiger partial charge in [0.25, 0.3) is 0 Å². The summed E-state index contributed by atoms with van der Waals surface area (Å²) in [6, 6.07) is 12.5. The van der Waals surface area contributed by atoms with E-state index in [4.69, 9.17) is 18.9 Å². The van der Waals surface area contributed by atoms with Crippen LogP contribution < -0.4 is 18.9 Å². The maximum atomic E-state index is 12.1. The van der Waals surface area contributed by atoms with Gasteiger partial charge in [-0.1, -0.05) is 30.4 Å². The topological polar surface area (TPSA) is 54.0 Å². The van der Waals surface area contributed by atoms with Gasteiger partial charge in [-0.05, 0) is 43.7 Å². The van der Waals surface area contributed by atoms with E-state index >= 15 is 0 Å². The SMILES string of the molecule is C/C=C/c1ccc(OCC(=O)Oc2ccccc2OCC)c(OC)c1. The summed E-state index contributed by atoms with van der Waals surface area (Å²) < 4.78 is 21.6. The third-order valence-corrected chi connectivity index (χ3v) is 3.27. The van der Waals surface area contributed by atoms with Gasteiger partial charge in [-0.15, -0.1) is 0 Å². The summed E-state index contributed by atoms with van der Waals surface area (Å²) in [4.78, 5) is 12.1. The molecule has 2 aromatic carbocycles. The largest absolute Gasteiger partial charge is 0.493 e. The van der Waals surface area contributed by atoms with Crippen LogP contribution in [-0.4, -0.2) is 26.3 Å². The first kappa shape index (κ1) is 18.4. The van der Waals surface area contributed by atoms with E-state index in [1.165, 1.54) is 0 Å². The third-order valence-electron chi connectivity index (χ3n) is 3.27. The Balaban J connectivity index is 2.00. The average molecular weight is 342 g/mol. The molecule has 0 atom stereocenters. The van der Waals surface area contributed by atoms with Crippen molar-refractivity contribution in [1.29, 1.82) is 0 Å². The number of hydrogen-bond acceptors (Lipinski definition) is 5. The van der Waals surface area contributed by atoms with E-state index in [0.29, 0.717) is 29.6 Å². The van der Waals surface area contributed by atoms with Gasteiger partial charge in [0, 0.05) is 0 Å². The molecule has 0 aliphatic carbocycles. The van der Waals surface area contributed by atoms with Crippen LogP contribution in [0.1, 0.15) is 19.4 Å². The first-order valence-corrected chi connectivity index (χ1v) is 8.04. The molecule has 0 N–H and O–H groups in total. The van der Waals surface area contributed by atoms with Gasteiger partial charge in [-0.3, -0.25) is 0 Å². The molecule has 0 bridgehead atoms. The van der Waals surface area contributed by atoms with Crippen LogP contribution in [0.15, 0.2) is 48.5 Å². The number of methoxy groups -OCH3 is 1. The molecule has 0 saturated carbocycles. The lowest BCUT2D eigenvalue weighted by Gasteiger charge is -2.12. The van der Waals surface area contributed by atoms with Gasteiger partial charge in [0.05, 0.1) is 13.7 Å². The maximum Gasteiger partial charge on any atom is 0.349 e. The van der Waals surface area contributed by atoms with Crippen molar-refractivity contribution in [3.63, 3.8) is 0 Å². The molecule has 2 rings (SSSR count). The van der Waals surface area contributed by atoms with Crippen molar-refractivity contribution in [2.45, 2.75) is 13.8 Å². The average Bonchev–Trinajstić information content (AvgIpc) is 2.62. The zero-order chi connectivity index (χ0) is 18.1. The van der Waals surface area contributed by atoms with Crippen molar-refractivity contribution in [3.8, 4) is 23.0 Å². The molecule has 0 spiro atoms. The van der Waals surface area contributed by atoms with E-state index in [-0.39, 0.29) is 6.61 Å². The standard InChI is InChI=1S/C20H22O5/c1-4-8-15-11-12-17(19(13-15)22-3)24-14-20(21)25-18-10-7-6-9-16(18)23-5-2/h4,6-13H,5,14H2,1-3H3/b8-4+. The molecule has 132 valence electrons. The maximum absolute atomic E-state index is 12.1. The number of rotatable bonds is 8. The van der Waals surface area contributed by atoms with Crippen LogP contribution in [0.5, 0.6) is 23.0 Å². The lowest BCUT2D eigenvalue weighted by molar-refractivity contribution is -0.136. The van der Waals surface area contributed by atoms with Gasteiger partial charge in [0.15, 0.2) is 29.6 Å². The zero-order valence-electron chi connectivity index (χ0n) is 14.7. The number of hydrogen-bond donors (Lipinski definition) is 0. The number of esters is 1. The molecule has 0 aliphatic rings. The molecule has 0 aromatic heterocycles. The summed E-state index contributed by atoms with van der Waals surface area (Å²) >= 11 is 0. The van der Waals surface area contributed by atoms with Crippen LogP contribution in [0.25, 0.3) is 6.08 Å². The molecule has 0 unspecified atom stereocenters. The minimum Gasteiger partial charge on any atom is -0.493 e. The number of carbonyl (C=O) groups excluding carboxylic acids is 1. The fraction of sp³-hybridized carbons (Fsp3) is 0.250. The highest BCUT2D eigenvalue weighted by Crippen LogP contribution is 2.29. The molecule has 5 nitrogen and oxygen atoms in total. The van der Waals surface area contributed by atoms with E-state index in [2.05, 4.69) is 0 Å². The molecule has 5 heteroatoms. The normalized spacial score (nSPS) is 10.5. The van der Waals surface area contributed by atoms with Crippen LogP contribution in [0.3, 0.4) is 0 Å². The Bertz CT molecular complexity index is 737. The van der Waals surface area contributed by atoms with Crippen molar-refractivity contribution in [1.82, 2.24) is 0 Å². The first-order chi connectivity index (χ1) is 12.2. The minimum atomic E-state index is -0.522. The third kappa shape index (κ3) is 5.28. The fourth-order valence-electron chi connectivity index (χ4n) is 2.20. The summed E-state index contributed by atoms with van der Waals surface area (Å²) in [6.07, 6.45) is 3.88. The number of ether oxygens (including phenoxy) is 4. The van der Waals surface area contributed by atoms with E-state index in [0.717, 1.165) is 5.56 Å². The van der Waals surface area contributed by atoms with Gasteiger partial charge in [-0.2, -0.15) is 0 Å². The molecule has 2 aromatic rings. The van der Waals surface area contributed by atoms with Crippen molar-refractivity contribution in [2.75, 3.05) is 20.3 Å². The molecule has 0 radical (unpaired) electrons. The summed E-state index contributed by atoms with van der Waals surface area (Å²) in [5.74, 6) is 1.40. The lowest BCUT2D eigenvalue weighted by atomic mass is 10.2. The summed E-state index contributed by atoms with van der Waals surface area (Å²) in [7, 11) is 1.55. The summed E-state index contributed by atoms with van der Waals surface area (Å²) in [5.41, 5.74) is 0.986. The molecular weight excluding hydrogens is 320 g/mol. The second-order valence-corrected chi connectivity index (χ2v) is 5.05. The molecule has 0 amide bonds. The van der Waals surface area contributed by atoms with Crippen molar-refractivity contribution in [2.24, 2.45) is 0 Å². The second kappa shape index (κ2) is 9.37. The Hall–Kier alpha value is -2.95. The van der Waals surface area contributed by atoms with Gasteiger partial charge in [-0.25, -0.2) is 4.79 Å². The molecule has 0 aliphatic heterocycles. The molecule has 25 heavy (non-hydrogen) atoms. The van der Waals surface area contributed by atoms with Gasteiger partial charge in [0.1, 0.15) is 0 Å². The highest BCUT2D eigenvalue weighted by Gasteiger charge is 2.12. The highest BCUT2D eigenvalue weighted by molar-refractivity contribution is 5.75. The predicted molar refractivity (Wildman–Crippen MR) is 96.4 cm³/mol. The van der Waals surface area contributed by atoms with E-state index < -0.39 is 5.97 Å². The molecule has 0 fully saturated rings. The summed E-state index contributed by atoms with van der Waals surface area (Å²) in [5, 5.41) is 0. The number of para-hydroxylation sites is 2. The van der Waals surface area contributed by atoms with Crippen LogP contribution in [0, 0.1) is 0 Å². The highest BCUT2D eigenvalue weighted by atomic mass is 16.6. The van der Waals surface area contributed by atoms with Crippen LogP contribution in [-0.2, 0) is 4.79 Å². The molecular formula is C20H22O5. The fourth-order valence-corrected chi connectivity index (χ4v) is 2.20. The van der Waals surface area contributed by atoms with Gasteiger partial charge < -0.3 is 18.9 Å². The first-order valence-electron chi connectivity index (χ1n) is 8.04.